The SMILES string of the molecule is O=C(c1ccc(Nc2nccc(-c3ccc(S(=O)(=O)c4ccncc4)cc3)n2)cc1)N1CCNCC1. The van der Waals surface area contributed by atoms with Gasteiger partial charge in [0, 0.05) is 61.6 Å². The van der Waals surface area contributed by atoms with E-state index in [0.29, 0.717) is 30.3 Å². The van der Waals surface area contributed by atoms with Crippen LogP contribution in [-0.2, 0) is 9.84 Å². The predicted octanol–water partition coefficient (Wildman–Crippen LogP) is 3.16. The molecule has 2 aromatic heterocycles. The van der Waals surface area contributed by atoms with Crippen molar-refractivity contribution in [3.63, 3.8) is 0 Å². The van der Waals surface area contributed by atoms with Crippen LogP contribution in [-0.4, -0.2) is 60.4 Å². The molecule has 1 fully saturated rings. The molecule has 2 N–H and O–H groups in total. The fourth-order valence-electron chi connectivity index (χ4n) is 3.91. The van der Waals surface area contributed by atoms with Gasteiger partial charge in [0.15, 0.2) is 0 Å². The number of hydrogen-bond acceptors (Lipinski definition) is 8. The molecule has 0 radical (unpaired) electrons. The molecule has 1 amide bonds. The van der Waals surface area contributed by atoms with Crippen molar-refractivity contribution in [3.05, 3.63) is 90.9 Å². The maximum Gasteiger partial charge on any atom is 0.253 e. The van der Waals surface area contributed by atoms with Gasteiger partial charge in [-0.25, -0.2) is 18.4 Å². The van der Waals surface area contributed by atoms with Crippen LogP contribution in [0.1, 0.15) is 10.4 Å². The van der Waals surface area contributed by atoms with Gasteiger partial charge in [-0.05, 0) is 54.6 Å². The number of anilines is 2. The summed E-state index contributed by atoms with van der Waals surface area (Å²) in [6.07, 6.45) is 4.54. The zero-order chi connectivity index (χ0) is 25.0. The quantitative estimate of drug-likeness (QED) is 0.415. The molecule has 1 aliphatic heterocycles. The molecule has 0 atom stereocenters. The summed E-state index contributed by atoms with van der Waals surface area (Å²) in [5, 5.41) is 6.40. The standard InChI is InChI=1S/C26H24N6O3S/c33-25(32-17-15-28-16-18-32)20-1-5-21(6-2-20)30-26-29-14-11-24(31-26)19-3-7-22(8-4-19)36(34,35)23-9-12-27-13-10-23/h1-14,28H,15-18H2,(H,29,30,31). The average molecular weight is 501 g/mol. The summed E-state index contributed by atoms with van der Waals surface area (Å²) in [5.41, 5.74) is 2.79. The molecule has 1 saturated heterocycles. The third-order valence-corrected chi connectivity index (χ3v) is 7.65. The van der Waals surface area contributed by atoms with E-state index in [-0.39, 0.29) is 15.7 Å². The van der Waals surface area contributed by atoms with Crippen molar-refractivity contribution in [1.29, 1.82) is 0 Å². The lowest BCUT2D eigenvalue weighted by atomic mass is 10.1. The van der Waals surface area contributed by atoms with Crippen LogP contribution in [0.25, 0.3) is 11.3 Å². The van der Waals surface area contributed by atoms with Gasteiger partial charge in [-0.3, -0.25) is 9.78 Å². The van der Waals surface area contributed by atoms with Crippen LogP contribution in [0.15, 0.2) is 95.1 Å². The molecule has 0 aliphatic carbocycles. The summed E-state index contributed by atoms with van der Waals surface area (Å²) < 4.78 is 25.6. The van der Waals surface area contributed by atoms with Crippen LogP contribution in [0.4, 0.5) is 11.6 Å². The number of carbonyl (C=O) groups is 1. The molecule has 2 aromatic carbocycles. The van der Waals surface area contributed by atoms with Crippen LogP contribution in [0.3, 0.4) is 0 Å². The Morgan fingerprint density at radius 2 is 1.50 bits per heavy atom. The highest BCUT2D eigenvalue weighted by atomic mass is 32.2. The second-order valence-corrected chi connectivity index (χ2v) is 10.2. The number of piperazine rings is 1. The Balaban J connectivity index is 1.29. The smallest absolute Gasteiger partial charge is 0.253 e. The van der Waals surface area contributed by atoms with E-state index >= 15 is 0 Å². The lowest BCUT2D eigenvalue weighted by Gasteiger charge is -2.27. The minimum Gasteiger partial charge on any atom is -0.336 e. The Kier molecular flexibility index (Phi) is 6.70. The molecule has 0 unspecified atom stereocenters. The number of pyridine rings is 1. The van der Waals surface area contributed by atoms with E-state index in [1.807, 2.05) is 17.0 Å². The number of rotatable bonds is 6. The van der Waals surface area contributed by atoms with Crippen molar-refractivity contribution in [2.75, 3.05) is 31.5 Å². The maximum atomic E-state index is 12.8. The zero-order valence-corrected chi connectivity index (χ0v) is 20.1. The van der Waals surface area contributed by atoms with E-state index < -0.39 is 9.84 Å². The normalized spacial score (nSPS) is 13.8. The van der Waals surface area contributed by atoms with E-state index in [0.717, 1.165) is 24.3 Å². The molecule has 182 valence electrons. The second kappa shape index (κ2) is 10.2. The minimum absolute atomic E-state index is 0.0238. The lowest BCUT2D eigenvalue weighted by Crippen LogP contribution is -2.46. The zero-order valence-electron chi connectivity index (χ0n) is 19.3. The number of benzene rings is 2. The summed E-state index contributed by atoms with van der Waals surface area (Å²) >= 11 is 0. The fourth-order valence-corrected chi connectivity index (χ4v) is 5.16. The molecule has 0 saturated carbocycles. The molecular weight excluding hydrogens is 476 g/mol. The first-order chi connectivity index (χ1) is 17.5. The van der Waals surface area contributed by atoms with Gasteiger partial charge in [0.2, 0.25) is 15.8 Å². The van der Waals surface area contributed by atoms with E-state index in [1.165, 1.54) is 24.5 Å². The van der Waals surface area contributed by atoms with Gasteiger partial charge in [-0.15, -0.1) is 0 Å². The topological polar surface area (TPSA) is 117 Å². The minimum atomic E-state index is -3.62. The number of carbonyl (C=O) groups excluding carboxylic acids is 1. The number of aromatic nitrogens is 3. The summed E-state index contributed by atoms with van der Waals surface area (Å²) in [7, 11) is -3.62. The number of amides is 1. The molecule has 10 heteroatoms. The number of nitrogens with zero attached hydrogens (tertiary/aromatic N) is 4. The Morgan fingerprint density at radius 3 is 2.19 bits per heavy atom. The third kappa shape index (κ3) is 5.09. The van der Waals surface area contributed by atoms with Crippen molar-refractivity contribution in [2.45, 2.75) is 9.79 Å². The lowest BCUT2D eigenvalue weighted by molar-refractivity contribution is 0.0736. The van der Waals surface area contributed by atoms with E-state index in [2.05, 4.69) is 25.6 Å². The van der Waals surface area contributed by atoms with Gasteiger partial charge < -0.3 is 15.5 Å². The monoisotopic (exact) mass is 500 g/mol. The van der Waals surface area contributed by atoms with E-state index in [4.69, 9.17) is 0 Å². The maximum absolute atomic E-state index is 12.8. The average Bonchev–Trinajstić information content (AvgIpc) is 2.94. The fraction of sp³-hybridized carbons (Fsp3) is 0.154. The second-order valence-electron chi connectivity index (χ2n) is 8.22. The molecule has 4 aromatic rings. The Bertz CT molecular complexity index is 1450. The summed E-state index contributed by atoms with van der Waals surface area (Å²) in [5.74, 6) is 0.415. The summed E-state index contributed by atoms with van der Waals surface area (Å²) in [6, 6.07) is 18.5. The van der Waals surface area contributed by atoms with Gasteiger partial charge in [-0.1, -0.05) is 12.1 Å². The predicted molar refractivity (Wildman–Crippen MR) is 136 cm³/mol. The Hall–Kier alpha value is -4.15. The van der Waals surface area contributed by atoms with E-state index in [1.54, 1.807) is 48.7 Å². The van der Waals surface area contributed by atoms with Gasteiger partial charge in [0.1, 0.15) is 0 Å². The number of sulfone groups is 1. The molecule has 3 heterocycles. The number of nitrogens with one attached hydrogen (secondary N) is 2. The first-order valence-electron chi connectivity index (χ1n) is 11.5. The molecule has 1 aliphatic rings. The van der Waals surface area contributed by atoms with Crippen molar-refractivity contribution < 1.29 is 13.2 Å². The Morgan fingerprint density at radius 1 is 0.833 bits per heavy atom. The van der Waals surface area contributed by atoms with Crippen molar-refractivity contribution in [2.24, 2.45) is 0 Å². The van der Waals surface area contributed by atoms with Gasteiger partial charge in [0.25, 0.3) is 5.91 Å². The summed E-state index contributed by atoms with van der Waals surface area (Å²) in [6.45, 7) is 3.02. The molecule has 0 bridgehead atoms. The van der Waals surface area contributed by atoms with Crippen LogP contribution in [0.2, 0.25) is 0 Å². The first kappa shape index (κ1) is 23.6. The van der Waals surface area contributed by atoms with Crippen LogP contribution in [0, 0.1) is 0 Å². The highest BCUT2D eigenvalue weighted by molar-refractivity contribution is 7.91. The Labute approximate surface area is 209 Å². The molecule has 0 spiro atoms. The van der Waals surface area contributed by atoms with Crippen molar-refractivity contribution in [3.8, 4) is 11.3 Å². The van der Waals surface area contributed by atoms with Crippen molar-refractivity contribution in [1.82, 2.24) is 25.2 Å². The molecule has 9 nitrogen and oxygen atoms in total. The van der Waals surface area contributed by atoms with Crippen LogP contribution >= 0.6 is 0 Å². The van der Waals surface area contributed by atoms with Crippen molar-refractivity contribution >= 4 is 27.4 Å². The first-order valence-corrected chi connectivity index (χ1v) is 12.9. The summed E-state index contributed by atoms with van der Waals surface area (Å²) in [4.78, 5) is 27.6. The van der Waals surface area contributed by atoms with Gasteiger partial charge >= 0.3 is 0 Å². The third-order valence-electron chi connectivity index (χ3n) is 5.87. The van der Waals surface area contributed by atoms with Gasteiger partial charge in [0.05, 0.1) is 15.5 Å². The van der Waals surface area contributed by atoms with Gasteiger partial charge in [-0.2, -0.15) is 0 Å². The molecule has 5 rings (SSSR count). The number of hydrogen-bond donors (Lipinski definition) is 2. The molecular formula is C26H24N6O3S. The van der Waals surface area contributed by atoms with Crippen LogP contribution < -0.4 is 10.6 Å². The highest BCUT2D eigenvalue weighted by Gasteiger charge is 2.19. The van der Waals surface area contributed by atoms with E-state index in [9.17, 15) is 13.2 Å². The van der Waals surface area contributed by atoms with Crippen LogP contribution in [0.5, 0.6) is 0 Å². The largest absolute Gasteiger partial charge is 0.336 e. The molecule has 36 heavy (non-hydrogen) atoms. The highest BCUT2D eigenvalue weighted by Crippen LogP contribution is 2.25.